The molecule has 0 aromatic heterocycles. The highest BCUT2D eigenvalue weighted by Gasteiger charge is 2.04. The van der Waals surface area contributed by atoms with Gasteiger partial charge in [0.05, 0.1) is 13.1 Å². The van der Waals surface area contributed by atoms with Gasteiger partial charge in [0.2, 0.25) is 5.91 Å². The number of amides is 3. The van der Waals surface area contributed by atoms with Gasteiger partial charge in [-0.15, -0.1) is 6.42 Å². The maximum Gasteiger partial charge on any atom is 0.315 e. The van der Waals surface area contributed by atoms with Gasteiger partial charge in [-0.05, 0) is 30.2 Å². The van der Waals surface area contributed by atoms with Crippen molar-refractivity contribution in [2.24, 2.45) is 0 Å². The zero-order valence-corrected chi connectivity index (χ0v) is 12.7. The number of hydrogen-bond donors (Lipinski definition) is 3. The summed E-state index contributed by atoms with van der Waals surface area (Å²) in [6.07, 6.45) is 5.57. The molecule has 0 spiro atoms. The summed E-state index contributed by atoms with van der Waals surface area (Å²) in [5.74, 6) is 1.92. The summed E-state index contributed by atoms with van der Waals surface area (Å²) in [6.45, 7) is 0.405. The van der Waals surface area contributed by atoms with Crippen molar-refractivity contribution in [1.29, 1.82) is 0 Å². The second-order valence-electron chi connectivity index (χ2n) is 4.12. The van der Waals surface area contributed by atoms with Gasteiger partial charge >= 0.3 is 6.03 Å². The minimum atomic E-state index is -0.431. The molecule has 112 valence electrons. The summed E-state index contributed by atoms with van der Waals surface area (Å²) in [4.78, 5) is 22.6. The zero-order chi connectivity index (χ0) is 15.7. The van der Waals surface area contributed by atoms with Crippen molar-refractivity contribution >= 4 is 35.1 Å². The first-order chi connectivity index (χ1) is 10.0. The molecule has 1 aromatic carbocycles. The molecular weight excluding hydrogens is 313 g/mol. The van der Waals surface area contributed by atoms with Gasteiger partial charge in [-0.3, -0.25) is 4.79 Å². The van der Waals surface area contributed by atoms with E-state index in [1.807, 2.05) is 0 Å². The van der Waals surface area contributed by atoms with Gasteiger partial charge in [0.1, 0.15) is 0 Å². The van der Waals surface area contributed by atoms with Crippen molar-refractivity contribution in [3.8, 4) is 12.3 Å². The Morgan fingerprint density at radius 1 is 1.10 bits per heavy atom. The van der Waals surface area contributed by atoms with E-state index in [0.29, 0.717) is 23.0 Å². The second kappa shape index (κ2) is 9.11. The number of hydrogen-bond acceptors (Lipinski definition) is 2. The van der Waals surface area contributed by atoms with Crippen molar-refractivity contribution in [1.82, 2.24) is 16.0 Å². The number of nitrogens with one attached hydrogen (secondary N) is 3. The highest BCUT2D eigenvalue weighted by molar-refractivity contribution is 6.34. The van der Waals surface area contributed by atoms with Gasteiger partial charge < -0.3 is 16.0 Å². The first-order valence-electron chi connectivity index (χ1n) is 6.18. The molecule has 0 aliphatic carbocycles. The zero-order valence-electron chi connectivity index (χ0n) is 11.2. The van der Waals surface area contributed by atoms with Crippen LogP contribution in [0, 0.1) is 12.3 Å². The van der Waals surface area contributed by atoms with Gasteiger partial charge in [-0.1, -0.05) is 29.1 Å². The van der Waals surface area contributed by atoms with E-state index < -0.39 is 6.03 Å². The highest BCUT2D eigenvalue weighted by Crippen LogP contribution is 2.19. The van der Waals surface area contributed by atoms with Gasteiger partial charge in [0, 0.05) is 16.6 Å². The molecular formula is C14H15Cl2N3O2. The van der Waals surface area contributed by atoms with E-state index in [9.17, 15) is 9.59 Å². The Hall–Kier alpha value is -1.90. The highest BCUT2D eigenvalue weighted by atomic mass is 35.5. The lowest BCUT2D eigenvalue weighted by atomic mass is 10.1. The van der Waals surface area contributed by atoms with Crippen LogP contribution >= 0.6 is 23.2 Å². The number of carbonyl (C=O) groups is 2. The third kappa shape index (κ3) is 7.45. The van der Waals surface area contributed by atoms with Crippen LogP contribution < -0.4 is 16.0 Å². The van der Waals surface area contributed by atoms with Crippen molar-refractivity contribution < 1.29 is 9.59 Å². The molecule has 3 N–H and O–H groups in total. The third-order valence-corrected chi connectivity index (χ3v) is 2.86. The Balaban J connectivity index is 2.24. The molecule has 0 radical (unpaired) electrons. The van der Waals surface area contributed by atoms with Crippen LogP contribution in [0.2, 0.25) is 10.0 Å². The minimum Gasteiger partial charge on any atom is -0.344 e. The molecule has 21 heavy (non-hydrogen) atoms. The average molecular weight is 328 g/mol. The largest absolute Gasteiger partial charge is 0.344 e. The third-order valence-electron chi connectivity index (χ3n) is 2.42. The lowest BCUT2D eigenvalue weighted by Crippen LogP contribution is -2.42. The monoisotopic (exact) mass is 327 g/mol. The van der Waals surface area contributed by atoms with Crippen LogP contribution in [0.5, 0.6) is 0 Å². The number of halogens is 2. The molecule has 1 aromatic rings. The van der Waals surface area contributed by atoms with Crippen molar-refractivity contribution in [2.75, 3.05) is 19.6 Å². The lowest BCUT2D eigenvalue weighted by molar-refractivity contribution is -0.119. The van der Waals surface area contributed by atoms with Crippen LogP contribution in [0.25, 0.3) is 0 Å². The van der Waals surface area contributed by atoms with E-state index in [2.05, 4.69) is 21.9 Å². The molecule has 0 fully saturated rings. The Labute approximate surface area is 133 Å². The van der Waals surface area contributed by atoms with Crippen molar-refractivity contribution in [3.05, 3.63) is 33.8 Å². The van der Waals surface area contributed by atoms with E-state index in [1.54, 1.807) is 18.2 Å². The van der Waals surface area contributed by atoms with Crippen LogP contribution in [0.15, 0.2) is 18.2 Å². The van der Waals surface area contributed by atoms with E-state index >= 15 is 0 Å². The van der Waals surface area contributed by atoms with Gasteiger partial charge in [0.15, 0.2) is 0 Å². The fourth-order valence-corrected chi connectivity index (χ4v) is 2.08. The van der Waals surface area contributed by atoms with Crippen LogP contribution in [-0.2, 0) is 11.2 Å². The SMILES string of the molecule is C#CCNC(=O)CNC(=O)NCCc1cc(Cl)cc(Cl)c1. The number of benzene rings is 1. The molecule has 0 saturated heterocycles. The van der Waals surface area contributed by atoms with Crippen LogP contribution in [0.1, 0.15) is 5.56 Å². The molecule has 7 heteroatoms. The summed E-state index contributed by atoms with van der Waals surface area (Å²) in [5.41, 5.74) is 0.916. The Morgan fingerprint density at radius 2 is 1.76 bits per heavy atom. The van der Waals surface area contributed by atoms with E-state index in [1.165, 1.54) is 0 Å². The Morgan fingerprint density at radius 3 is 2.38 bits per heavy atom. The summed E-state index contributed by atoms with van der Waals surface area (Å²) in [6, 6.07) is 4.77. The first kappa shape index (κ1) is 17.2. The predicted octanol–water partition coefficient (Wildman–Crippen LogP) is 1.58. The quantitative estimate of drug-likeness (QED) is 0.694. The van der Waals surface area contributed by atoms with Crippen molar-refractivity contribution in [2.45, 2.75) is 6.42 Å². The molecule has 0 saturated carbocycles. The van der Waals surface area contributed by atoms with Crippen LogP contribution in [-0.4, -0.2) is 31.6 Å². The average Bonchev–Trinajstić information content (AvgIpc) is 2.41. The van der Waals surface area contributed by atoms with Gasteiger partial charge in [0.25, 0.3) is 0 Å². The second-order valence-corrected chi connectivity index (χ2v) is 4.99. The topological polar surface area (TPSA) is 70.2 Å². The lowest BCUT2D eigenvalue weighted by Gasteiger charge is -2.08. The van der Waals surface area contributed by atoms with E-state index in [0.717, 1.165) is 5.56 Å². The summed E-state index contributed by atoms with van der Waals surface area (Å²) in [7, 11) is 0. The number of urea groups is 1. The molecule has 5 nitrogen and oxygen atoms in total. The fourth-order valence-electron chi connectivity index (χ4n) is 1.51. The van der Waals surface area contributed by atoms with Crippen LogP contribution in [0.4, 0.5) is 4.79 Å². The summed E-state index contributed by atoms with van der Waals surface area (Å²) >= 11 is 11.8. The fraction of sp³-hybridized carbons (Fsp3) is 0.286. The van der Waals surface area contributed by atoms with Gasteiger partial charge in [-0.25, -0.2) is 4.79 Å². The Kier molecular flexibility index (Phi) is 7.44. The Bertz CT molecular complexity index is 535. The first-order valence-corrected chi connectivity index (χ1v) is 6.93. The molecule has 3 amide bonds. The molecule has 0 unspecified atom stereocenters. The maximum absolute atomic E-state index is 11.5. The van der Waals surface area contributed by atoms with E-state index in [4.69, 9.17) is 29.6 Å². The molecule has 0 aliphatic rings. The van der Waals surface area contributed by atoms with Crippen LogP contribution in [0.3, 0.4) is 0 Å². The summed E-state index contributed by atoms with van der Waals surface area (Å²) in [5, 5.41) is 8.57. The predicted molar refractivity (Wildman–Crippen MR) is 83.4 cm³/mol. The number of terminal acetylenes is 1. The molecule has 0 aliphatic heterocycles. The molecule has 0 atom stereocenters. The standard InChI is InChI=1S/C14H15Cl2N3O2/c1-2-4-17-13(20)9-19-14(21)18-5-3-10-6-11(15)8-12(16)7-10/h1,6-8H,3-5,9H2,(H,17,20)(H2,18,19,21). The maximum atomic E-state index is 11.5. The van der Waals surface area contributed by atoms with Crippen molar-refractivity contribution in [3.63, 3.8) is 0 Å². The minimum absolute atomic E-state index is 0.128. The number of carbonyl (C=O) groups excluding carboxylic acids is 2. The molecule has 0 heterocycles. The molecule has 0 bridgehead atoms. The molecule has 1 rings (SSSR count). The number of rotatable bonds is 6. The summed E-state index contributed by atoms with van der Waals surface area (Å²) < 4.78 is 0. The van der Waals surface area contributed by atoms with E-state index in [-0.39, 0.29) is 19.0 Å². The normalized spacial score (nSPS) is 9.57. The smallest absolute Gasteiger partial charge is 0.315 e. The van der Waals surface area contributed by atoms with Gasteiger partial charge in [-0.2, -0.15) is 0 Å².